The number of ether oxygens (including phenoxy) is 1. The number of hydrogen-bond donors (Lipinski definition) is 0. The van der Waals surface area contributed by atoms with Gasteiger partial charge in [0.1, 0.15) is 5.76 Å². The molecule has 0 aromatic heterocycles. The van der Waals surface area contributed by atoms with E-state index in [1.54, 1.807) is 14.0 Å². The number of nitrogens with zero attached hydrogens (tertiary/aromatic N) is 1. The van der Waals surface area contributed by atoms with Gasteiger partial charge in [0.05, 0.1) is 18.8 Å². The van der Waals surface area contributed by atoms with Crippen molar-refractivity contribution in [1.29, 1.82) is 5.26 Å². The van der Waals surface area contributed by atoms with Crippen molar-refractivity contribution in [2.24, 2.45) is 0 Å². The molecule has 0 spiro atoms. The molecule has 0 aliphatic heterocycles. The number of methoxy groups -OCH3 is 1. The van der Waals surface area contributed by atoms with Crippen molar-refractivity contribution in [2.75, 3.05) is 7.11 Å². The van der Waals surface area contributed by atoms with Crippen LogP contribution in [0.3, 0.4) is 0 Å². The maximum atomic E-state index is 8.71. The Morgan fingerprint density at radius 1 is 1.31 bits per heavy atom. The minimum atomic E-state index is 0.591. The number of benzene rings is 1. The normalized spacial score (nSPS) is 11.5. The molecule has 0 bridgehead atoms. The van der Waals surface area contributed by atoms with E-state index < -0.39 is 0 Å². The van der Waals surface area contributed by atoms with E-state index in [0.717, 1.165) is 5.56 Å². The van der Waals surface area contributed by atoms with Gasteiger partial charge in [-0.2, -0.15) is 5.26 Å². The van der Waals surface area contributed by atoms with Gasteiger partial charge in [-0.05, 0) is 6.92 Å². The van der Waals surface area contributed by atoms with Crippen LogP contribution in [0, 0.1) is 11.3 Å². The molecule has 2 nitrogen and oxygen atoms in total. The molecule has 0 amide bonds. The lowest BCUT2D eigenvalue weighted by atomic mass is 10.1. The van der Waals surface area contributed by atoms with Crippen molar-refractivity contribution in [1.82, 2.24) is 0 Å². The number of hydrogen-bond acceptors (Lipinski definition) is 2. The maximum absolute atomic E-state index is 8.71. The molecule has 0 N–H and O–H groups in total. The van der Waals surface area contributed by atoms with Crippen LogP contribution in [-0.4, -0.2) is 7.11 Å². The van der Waals surface area contributed by atoms with Crippen LogP contribution in [0.5, 0.6) is 0 Å². The largest absolute Gasteiger partial charge is 0.495 e. The minimum absolute atomic E-state index is 0.591. The quantitative estimate of drug-likeness (QED) is 0.508. The Balaban J connectivity index is 3.14. The van der Waals surface area contributed by atoms with Crippen molar-refractivity contribution in [3.8, 4) is 6.07 Å². The van der Waals surface area contributed by atoms with Gasteiger partial charge in [0.2, 0.25) is 0 Å². The Hall–Kier alpha value is -1.75. The van der Waals surface area contributed by atoms with Gasteiger partial charge in [-0.15, -0.1) is 0 Å². The molecule has 0 atom stereocenters. The Morgan fingerprint density at radius 3 is 2.38 bits per heavy atom. The van der Waals surface area contributed by atoms with Crippen LogP contribution in [0.1, 0.15) is 12.5 Å². The first-order valence-corrected chi connectivity index (χ1v) is 4.00. The molecular formula is C11H11NO. The van der Waals surface area contributed by atoms with Gasteiger partial charge >= 0.3 is 0 Å². The summed E-state index contributed by atoms with van der Waals surface area (Å²) in [5, 5.41) is 8.71. The Kier molecular flexibility index (Phi) is 3.10. The second kappa shape index (κ2) is 4.32. The van der Waals surface area contributed by atoms with Gasteiger partial charge in [-0.3, -0.25) is 0 Å². The van der Waals surface area contributed by atoms with Crippen LogP contribution in [-0.2, 0) is 4.74 Å². The predicted octanol–water partition coefficient (Wildman–Crippen LogP) is 2.59. The highest BCUT2D eigenvalue weighted by atomic mass is 16.5. The molecule has 0 aliphatic carbocycles. The molecule has 0 heterocycles. The third kappa shape index (κ3) is 2.09. The van der Waals surface area contributed by atoms with E-state index in [-0.39, 0.29) is 0 Å². The van der Waals surface area contributed by atoms with Crippen molar-refractivity contribution < 1.29 is 4.74 Å². The van der Waals surface area contributed by atoms with Crippen molar-refractivity contribution >= 4 is 5.76 Å². The maximum Gasteiger partial charge on any atom is 0.139 e. The van der Waals surface area contributed by atoms with Gasteiger partial charge in [0, 0.05) is 5.56 Å². The van der Waals surface area contributed by atoms with Gasteiger partial charge in [-0.1, -0.05) is 30.3 Å². The summed E-state index contributed by atoms with van der Waals surface area (Å²) in [6.45, 7) is 1.74. The average molecular weight is 173 g/mol. The SMILES string of the molecule is CO/C(=C(/C)C#N)c1ccccc1. The molecule has 0 radical (unpaired) electrons. The zero-order valence-corrected chi connectivity index (χ0v) is 7.74. The van der Waals surface area contributed by atoms with E-state index in [1.165, 1.54) is 0 Å². The first kappa shape index (κ1) is 9.34. The monoisotopic (exact) mass is 173 g/mol. The van der Waals surface area contributed by atoms with Crippen LogP contribution in [0.15, 0.2) is 35.9 Å². The fourth-order valence-electron chi connectivity index (χ4n) is 1.13. The second-order valence-corrected chi connectivity index (χ2v) is 2.64. The highest BCUT2D eigenvalue weighted by molar-refractivity contribution is 5.65. The van der Waals surface area contributed by atoms with E-state index in [1.807, 2.05) is 30.3 Å². The Morgan fingerprint density at radius 2 is 1.92 bits per heavy atom. The Labute approximate surface area is 78.1 Å². The molecular weight excluding hydrogens is 162 g/mol. The topological polar surface area (TPSA) is 33.0 Å². The summed E-state index contributed by atoms with van der Waals surface area (Å²) in [5.74, 6) is 0.642. The van der Waals surface area contributed by atoms with Crippen molar-refractivity contribution in [3.63, 3.8) is 0 Å². The first-order chi connectivity index (χ1) is 6.29. The van der Waals surface area contributed by atoms with E-state index >= 15 is 0 Å². The molecule has 0 fully saturated rings. The molecule has 2 heteroatoms. The van der Waals surface area contributed by atoms with E-state index in [4.69, 9.17) is 10.00 Å². The standard InChI is InChI=1S/C11H11NO/c1-9(8-12)11(13-2)10-6-4-3-5-7-10/h3-7H,1-2H3/b11-9-. The summed E-state index contributed by atoms with van der Waals surface area (Å²) in [7, 11) is 1.57. The zero-order chi connectivity index (χ0) is 9.68. The van der Waals surface area contributed by atoms with Gasteiger partial charge in [0.25, 0.3) is 0 Å². The van der Waals surface area contributed by atoms with Crippen LogP contribution < -0.4 is 0 Å². The van der Waals surface area contributed by atoms with Crippen LogP contribution in [0.4, 0.5) is 0 Å². The fraction of sp³-hybridized carbons (Fsp3) is 0.182. The molecule has 0 aliphatic rings. The third-order valence-electron chi connectivity index (χ3n) is 1.75. The molecule has 0 unspecified atom stereocenters. The summed E-state index contributed by atoms with van der Waals surface area (Å²) in [6.07, 6.45) is 0. The van der Waals surface area contributed by atoms with Crippen molar-refractivity contribution in [3.05, 3.63) is 41.5 Å². The molecule has 13 heavy (non-hydrogen) atoms. The Bertz CT molecular complexity index is 346. The molecule has 1 aromatic carbocycles. The summed E-state index contributed by atoms with van der Waals surface area (Å²) in [6, 6.07) is 11.7. The molecule has 0 saturated heterocycles. The van der Waals surface area contributed by atoms with Crippen LogP contribution in [0.25, 0.3) is 5.76 Å². The number of allylic oxidation sites excluding steroid dienone is 1. The summed E-state index contributed by atoms with van der Waals surface area (Å²) >= 11 is 0. The number of rotatable bonds is 2. The highest BCUT2D eigenvalue weighted by Gasteiger charge is 2.03. The molecule has 1 rings (SSSR count). The zero-order valence-electron chi connectivity index (χ0n) is 7.74. The van der Waals surface area contributed by atoms with Crippen LogP contribution in [0.2, 0.25) is 0 Å². The summed E-state index contributed by atoms with van der Waals surface area (Å²) in [5.41, 5.74) is 1.53. The lowest BCUT2D eigenvalue weighted by Gasteiger charge is -2.06. The van der Waals surface area contributed by atoms with E-state index in [0.29, 0.717) is 11.3 Å². The predicted molar refractivity (Wildman–Crippen MR) is 51.7 cm³/mol. The second-order valence-electron chi connectivity index (χ2n) is 2.64. The van der Waals surface area contributed by atoms with E-state index in [9.17, 15) is 0 Å². The minimum Gasteiger partial charge on any atom is -0.495 e. The van der Waals surface area contributed by atoms with Gasteiger partial charge < -0.3 is 4.74 Å². The lowest BCUT2D eigenvalue weighted by molar-refractivity contribution is 0.368. The lowest BCUT2D eigenvalue weighted by Crippen LogP contribution is -1.89. The van der Waals surface area contributed by atoms with Crippen LogP contribution >= 0.6 is 0 Å². The molecule has 66 valence electrons. The van der Waals surface area contributed by atoms with E-state index in [2.05, 4.69) is 6.07 Å². The summed E-state index contributed by atoms with van der Waals surface area (Å²) in [4.78, 5) is 0. The summed E-state index contributed by atoms with van der Waals surface area (Å²) < 4.78 is 5.15. The third-order valence-corrected chi connectivity index (χ3v) is 1.75. The average Bonchev–Trinajstić information content (AvgIpc) is 2.20. The number of nitriles is 1. The van der Waals surface area contributed by atoms with Gasteiger partial charge in [-0.25, -0.2) is 0 Å². The van der Waals surface area contributed by atoms with Gasteiger partial charge in [0.15, 0.2) is 0 Å². The van der Waals surface area contributed by atoms with Crippen molar-refractivity contribution in [2.45, 2.75) is 6.92 Å². The smallest absolute Gasteiger partial charge is 0.139 e. The molecule has 0 saturated carbocycles. The first-order valence-electron chi connectivity index (χ1n) is 4.00. The highest BCUT2D eigenvalue weighted by Crippen LogP contribution is 2.18. The molecule has 1 aromatic rings. The fourth-order valence-corrected chi connectivity index (χ4v) is 1.13.